The quantitative estimate of drug-likeness (QED) is 0.910. The lowest BCUT2D eigenvalue weighted by molar-refractivity contribution is -0.125. The van der Waals surface area contributed by atoms with Crippen molar-refractivity contribution >= 4 is 29.3 Å². The number of rotatable bonds is 5. The highest BCUT2D eigenvalue weighted by Crippen LogP contribution is 2.38. The lowest BCUT2D eigenvalue weighted by Crippen LogP contribution is -2.39. The van der Waals surface area contributed by atoms with Gasteiger partial charge in [-0.3, -0.25) is 9.59 Å². The molecule has 0 spiro atoms. The number of anilines is 1. The Labute approximate surface area is 130 Å². The van der Waals surface area contributed by atoms with E-state index in [1.165, 1.54) is 0 Å². The summed E-state index contributed by atoms with van der Waals surface area (Å²) >= 11 is 1.80. The van der Waals surface area contributed by atoms with Crippen LogP contribution in [0.1, 0.15) is 33.1 Å². The van der Waals surface area contributed by atoms with E-state index in [0.29, 0.717) is 18.3 Å². The third kappa shape index (κ3) is 4.24. The number of carbonyl (C=O) groups is 2. The maximum absolute atomic E-state index is 12.4. The Balaban J connectivity index is 1.98. The number of benzene rings is 1. The Hall–Kier alpha value is -1.49. The molecule has 1 N–H and O–H groups in total. The van der Waals surface area contributed by atoms with Crippen LogP contribution in [0.3, 0.4) is 0 Å². The second-order valence-corrected chi connectivity index (χ2v) is 6.73. The topological polar surface area (TPSA) is 49.4 Å². The van der Waals surface area contributed by atoms with E-state index in [2.05, 4.69) is 12.2 Å². The first-order valence-electron chi connectivity index (χ1n) is 7.44. The average molecular weight is 306 g/mol. The zero-order valence-corrected chi connectivity index (χ0v) is 13.4. The molecule has 2 rings (SSSR count). The normalized spacial score (nSPS) is 17.2. The molecule has 4 nitrogen and oxygen atoms in total. The number of hydrogen-bond donors (Lipinski definition) is 1. The van der Waals surface area contributed by atoms with Gasteiger partial charge in [-0.15, -0.1) is 11.8 Å². The maximum atomic E-state index is 12.4. The van der Waals surface area contributed by atoms with Gasteiger partial charge in [-0.05, 0) is 18.6 Å². The predicted molar refractivity (Wildman–Crippen MR) is 86.6 cm³/mol. The molecule has 1 aliphatic rings. The average Bonchev–Trinajstić information content (AvgIpc) is 2.49. The highest BCUT2D eigenvalue weighted by molar-refractivity contribution is 8.00. The summed E-state index contributed by atoms with van der Waals surface area (Å²) in [6.07, 6.45) is 1.44. The molecule has 0 saturated carbocycles. The SMILES string of the molecule is CCCNC(=O)CCC(=O)N1CC(C)Sc2ccccc21. The Kier molecular flexibility index (Phi) is 5.67. The molecule has 0 aromatic heterocycles. The van der Waals surface area contributed by atoms with Crippen molar-refractivity contribution in [2.75, 3.05) is 18.0 Å². The van der Waals surface area contributed by atoms with Crippen molar-refractivity contribution in [1.82, 2.24) is 5.32 Å². The van der Waals surface area contributed by atoms with Crippen molar-refractivity contribution in [3.8, 4) is 0 Å². The van der Waals surface area contributed by atoms with E-state index < -0.39 is 0 Å². The number of carbonyl (C=O) groups excluding carboxylic acids is 2. The number of para-hydroxylation sites is 1. The van der Waals surface area contributed by atoms with E-state index in [9.17, 15) is 9.59 Å². The molecular formula is C16H22N2O2S. The van der Waals surface area contributed by atoms with Gasteiger partial charge in [0.25, 0.3) is 0 Å². The lowest BCUT2D eigenvalue weighted by atomic mass is 10.2. The third-order valence-corrected chi connectivity index (χ3v) is 4.51. The Morgan fingerprint density at radius 2 is 2.10 bits per heavy atom. The van der Waals surface area contributed by atoms with E-state index in [1.807, 2.05) is 36.1 Å². The Morgan fingerprint density at radius 1 is 1.33 bits per heavy atom. The first-order chi connectivity index (χ1) is 10.1. The van der Waals surface area contributed by atoms with Crippen molar-refractivity contribution in [2.24, 2.45) is 0 Å². The van der Waals surface area contributed by atoms with Gasteiger partial charge in [0.15, 0.2) is 0 Å². The molecule has 21 heavy (non-hydrogen) atoms. The van der Waals surface area contributed by atoms with Gasteiger partial charge >= 0.3 is 0 Å². The van der Waals surface area contributed by atoms with Crippen molar-refractivity contribution in [1.29, 1.82) is 0 Å². The molecule has 0 bridgehead atoms. The van der Waals surface area contributed by atoms with Crippen molar-refractivity contribution in [2.45, 2.75) is 43.3 Å². The van der Waals surface area contributed by atoms with Crippen LogP contribution >= 0.6 is 11.8 Å². The van der Waals surface area contributed by atoms with Gasteiger partial charge in [0.1, 0.15) is 0 Å². The minimum absolute atomic E-state index is 0.0289. The number of amides is 2. The van der Waals surface area contributed by atoms with E-state index in [0.717, 1.165) is 17.0 Å². The standard InChI is InChI=1S/C16H22N2O2S/c1-3-10-17-15(19)8-9-16(20)18-11-12(2)21-14-7-5-4-6-13(14)18/h4-7,12H,3,8-11H2,1-2H3,(H,17,19). The van der Waals surface area contributed by atoms with Crippen molar-refractivity contribution < 1.29 is 9.59 Å². The van der Waals surface area contributed by atoms with Gasteiger partial charge in [-0.2, -0.15) is 0 Å². The van der Waals surface area contributed by atoms with Crippen LogP contribution in [-0.4, -0.2) is 30.2 Å². The Bertz CT molecular complexity index is 519. The molecule has 1 aromatic carbocycles. The molecule has 1 unspecified atom stereocenters. The molecule has 0 saturated heterocycles. The third-order valence-electron chi connectivity index (χ3n) is 3.36. The summed E-state index contributed by atoms with van der Waals surface area (Å²) in [4.78, 5) is 27.0. The van der Waals surface area contributed by atoms with Crippen LogP contribution in [0.2, 0.25) is 0 Å². The van der Waals surface area contributed by atoms with Crippen molar-refractivity contribution in [3.63, 3.8) is 0 Å². The summed E-state index contributed by atoms with van der Waals surface area (Å²) in [7, 11) is 0. The summed E-state index contributed by atoms with van der Waals surface area (Å²) in [6, 6.07) is 7.96. The highest BCUT2D eigenvalue weighted by Gasteiger charge is 2.26. The fourth-order valence-electron chi connectivity index (χ4n) is 2.33. The summed E-state index contributed by atoms with van der Waals surface area (Å²) in [5.41, 5.74) is 0.972. The monoisotopic (exact) mass is 306 g/mol. The zero-order valence-electron chi connectivity index (χ0n) is 12.6. The number of nitrogens with one attached hydrogen (secondary N) is 1. The van der Waals surface area contributed by atoms with Crippen LogP contribution in [0, 0.1) is 0 Å². The van der Waals surface area contributed by atoms with Gasteiger partial charge in [0.05, 0.1) is 5.69 Å². The van der Waals surface area contributed by atoms with Gasteiger partial charge in [0.2, 0.25) is 11.8 Å². The van der Waals surface area contributed by atoms with Crippen molar-refractivity contribution in [3.05, 3.63) is 24.3 Å². The number of nitrogens with zero attached hydrogens (tertiary/aromatic N) is 1. The number of fused-ring (bicyclic) bond motifs is 1. The van der Waals surface area contributed by atoms with Gasteiger partial charge in [-0.1, -0.05) is 26.0 Å². The van der Waals surface area contributed by atoms with Crippen LogP contribution < -0.4 is 10.2 Å². The maximum Gasteiger partial charge on any atom is 0.227 e. The van der Waals surface area contributed by atoms with Gasteiger partial charge < -0.3 is 10.2 Å². The van der Waals surface area contributed by atoms with E-state index >= 15 is 0 Å². The lowest BCUT2D eigenvalue weighted by Gasteiger charge is -2.32. The molecule has 0 fully saturated rings. The van der Waals surface area contributed by atoms with E-state index in [1.54, 1.807) is 11.8 Å². The van der Waals surface area contributed by atoms with Gasteiger partial charge in [-0.25, -0.2) is 0 Å². The summed E-state index contributed by atoms with van der Waals surface area (Å²) in [6.45, 7) is 5.51. The first-order valence-corrected chi connectivity index (χ1v) is 8.32. The molecule has 0 aliphatic carbocycles. The largest absolute Gasteiger partial charge is 0.356 e. The fraction of sp³-hybridized carbons (Fsp3) is 0.500. The zero-order chi connectivity index (χ0) is 15.2. The molecule has 114 valence electrons. The fourth-order valence-corrected chi connectivity index (χ4v) is 3.45. The van der Waals surface area contributed by atoms with Crippen LogP contribution in [0.25, 0.3) is 0 Å². The van der Waals surface area contributed by atoms with Gasteiger partial charge in [0, 0.05) is 36.1 Å². The summed E-state index contributed by atoms with van der Waals surface area (Å²) in [5, 5.41) is 3.18. The smallest absolute Gasteiger partial charge is 0.227 e. The van der Waals surface area contributed by atoms with Crippen LogP contribution in [0.15, 0.2) is 29.2 Å². The molecule has 0 radical (unpaired) electrons. The number of thioether (sulfide) groups is 1. The van der Waals surface area contributed by atoms with Crippen LogP contribution in [-0.2, 0) is 9.59 Å². The molecule has 1 heterocycles. The minimum atomic E-state index is -0.0436. The molecule has 1 atom stereocenters. The number of hydrogen-bond acceptors (Lipinski definition) is 3. The summed E-state index contributed by atoms with van der Waals surface area (Å²) < 4.78 is 0. The van der Waals surface area contributed by atoms with Crippen LogP contribution in [0.4, 0.5) is 5.69 Å². The highest BCUT2D eigenvalue weighted by atomic mass is 32.2. The Morgan fingerprint density at radius 3 is 2.86 bits per heavy atom. The van der Waals surface area contributed by atoms with E-state index in [-0.39, 0.29) is 24.7 Å². The molecular weight excluding hydrogens is 284 g/mol. The minimum Gasteiger partial charge on any atom is -0.356 e. The second-order valence-electron chi connectivity index (χ2n) is 5.25. The first kappa shape index (κ1) is 15.9. The summed E-state index contributed by atoms with van der Waals surface area (Å²) in [5.74, 6) is -0.0147. The predicted octanol–water partition coefficient (Wildman–Crippen LogP) is 2.82. The van der Waals surface area contributed by atoms with E-state index in [4.69, 9.17) is 0 Å². The molecule has 2 amide bonds. The molecule has 1 aliphatic heterocycles. The van der Waals surface area contributed by atoms with Crippen LogP contribution in [0.5, 0.6) is 0 Å². The molecule has 5 heteroatoms. The molecule has 1 aromatic rings. The second kappa shape index (κ2) is 7.50.